The molecular weight excluding hydrogens is 362 g/mol. The van der Waals surface area contributed by atoms with Crippen molar-refractivity contribution >= 4 is 11.8 Å². The number of likely N-dealkylation sites (tertiary alicyclic amines) is 1. The van der Waals surface area contributed by atoms with Gasteiger partial charge in [0.2, 0.25) is 5.91 Å². The molecule has 0 radical (unpaired) electrons. The van der Waals surface area contributed by atoms with Crippen LogP contribution >= 0.6 is 0 Å². The van der Waals surface area contributed by atoms with E-state index >= 15 is 0 Å². The summed E-state index contributed by atoms with van der Waals surface area (Å²) in [4.78, 5) is 26.7. The van der Waals surface area contributed by atoms with Crippen molar-refractivity contribution in [2.75, 3.05) is 19.6 Å². The summed E-state index contributed by atoms with van der Waals surface area (Å²) in [7, 11) is 0. The number of hydrogen-bond acceptors (Lipinski definition) is 3. The van der Waals surface area contributed by atoms with Crippen LogP contribution in [-0.4, -0.2) is 36.3 Å². The Balaban J connectivity index is 1.37. The van der Waals surface area contributed by atoms with Crippen molar-refractivity contribution in [3.8, 4) is 0 Å². The summed E-state index contributed by atoms with van der Waals surface area (Å²) < 4.78 is 0. The van der Waals surface area contributed by atoms with E-state index in [2.05, 4.69) is 33.7 Å². The zero-order chi connectivity index (χ0) is 20.3. The summed E-state index contributed by atoms with van der Waals surface area (Å²) in [5, 5.41) is 5.88. The topological polar surface area (TPSA) is 61.4 Å². The van der Waals surface area contributed by atoms with E-state index in [0.717, 1.165) is 19.6 Å². The molecule has 2 aromatic rings. The van der Waals surface area contributed by atoms with Gasteiger partial charge in [-0.15, -0.1) is 0 Å². The Morgan fingerprint density at radius 3 is 2.28 bits per heavy atom. The van der Waals surface area contributed by atoms with Crippen molar-refractivity contribution in [2.24, 2.45) is 0 Å². The Labute approximate surface area is 173 Å². The zero-order valence-corrected chi connectivity index (χ0v) is 17.0. The van der Waals surface area contributed by atoms with Crippen molar-refractivity contribution in [1.82, 2.24) is 15.5 Å². The third kappa shape index (κ3) is 7.02. The molecule has 1 heterocycles. The van der Waals surface area contributed by atoms with Crippen LogP contribution < -0.4 is 10.6 Å². The Morgan fingerprint density at radius 2 is 1.52 bits per heavy atom. The molecule has 0 aliphatic carbocycles. The first-order valence-corrected chi connectivity index (χ1v) is 10.6. The number of nitrogens with zero attached hydrogens (tertiary/aromatic N) is 1. The fourth-order valence-electron chi connectivity index (χ4n) is 3.67. The van der Waals surface area contributed by atoms with Gasteiger partial charge in [0.15, 0.2) is 0 Å². The lowest BCUT2D eigenvalue weighted by atomic mass is 10.0. The number of carbonyl (C=O) groups is 2. The maximum absolute atomic E-state index is 12.2. The molecule has 0 spiro atoms. The summed E-state index contributed by atoms with van der Waals surface area (Å²) in [6.07, 6.45) is 4.92. The van der Waals surface area contributed by atoms with Crippen molar-refractivity contribution < 1.29 is 9.59 Å². The molecule has 0 unspecified atom stereocenters. The summed E-state index contributed by atoms with van der Waals surface area (Å²) in [6.45, 7) is 4.33. The van der Waals surface area contributed by atoms with Gasteiger partial charge in [0.25, 0.3) is 5.91 Å². The molecule has 1 aliphatic heterocycles. The molecule has 5 heteroatoms. The highest BCUT2D eigenvalue weighted by Crippen LogP contribution is 2.16. The van der Waals surface area contributed by atoms with Gasteiger partial charge in [0.1, 0.15) is 0 Å². The predicted octanol–water partition coefficient (Wildman–Crippen LogP) is 3.50. The molecule has 1 fully saturated rings. The van der Waals surface area contributed by atoms with Crippen LogP contribution in [-0.2, 0) is 17.9 Å². The van der Waals surface area contributed by atoms with E-state index in [0.29, 0.717) is 31.5 Å². The second-order valence-electron chi connectivity index (χ2n) is 7.61. The number of nitrogens with one attached hydrogen (secondary N) is 2. The molecule has 5 nitrogen and oxygen atoms in total. The first-order chi connectivity index (χ1) is 14.2. The molecule has 2 amide bonds. The van der Waals surface area contributed by atoms with E-state index < -0.39 is 0 Å². The maximum atomic E-state index is 12.2. The van der Waals surface area contributed by atoms with Crippen LogP contribution in [0.4, 0.5) is 0 Å². The minimum absolute atomic E-state index is 0.0201. The molecular formula is C24H31N3O2. The Hall–Kier alpha value is -2.66. The van der Waals surface area contributed by atoms with Crippen LogP contribution in [0.2, 0.25) is 0 Å². The van der Waals surface area contributed by atoms with Gasteiger partial charge in [0.05, 0.1) is 0 Å². The van der Waals surface area contributed by atoms with E-state index in [9.17, 15) is 9.59 Å². The molecule has 29 heavy (non-hydrogen) atoms. The van der Waals surface area contributed by atoms with E-state index in [4.69, 9.17) is 0 Å². The second-order valence-corrected chi connectivity index (χ2v) is 7.61. The van der Waals surface area contributed by atoms with Gasteiger partial charge in [-0.2, -0.15) is 0 Å². The SMILES string of the molecule is O=C(CCCNC(=O)c1ccccc1)NCc1ccccc1CN1CCCCC1. The van der Waals surface area contributed by atoms with Crippen LogP contribution in [0.5, 0.6) is 0 Å². The summed E-state index contributed by atoms with van der Waals surface area (Å²) in [5.41, 5.74) is 3.12. The first kappa shape index (κ1) is 21.1. The zero-order valence-electron chi connectivity index (χ0n) is 17.0. The van der Waals surface area contributed by atoms with Gasteiger partial charge in [-0.25, -0.2) is 0 Å². The lowest BCUT2D eigenvalue weighted by molar-refractivity contribution is -0.121. The molecule has 0 atom stereocenters. The molecule has 1 saturated heterocycles. The molecule has 0 aromatic heterocycles. The number of carbonyl (C=O) groups excluding carboxylic acids is 2. The Kier molecular flexibility index (Phi) is 8.25. The van der Waals surface area contributed by atoms with Crippen molar-refractivity contribution in [1.29, 1.82) is 0 Å². The molecule has 3 rings (SSSR count). The van der Waals surface area contributed by atoms with Crippen molar-refractivity contribution in [2.45, 2.75) is 45.2 Å². The Bertz CT molecular complexity index is 786. The predicted molar refractivity (Wildman–Crippen MR) is 115 cm³/mol. The van der Waals surface area contributed by atoms with E-state index in [1.165, 1.54) is 30.4 Å². The van der Waals surface area contributed by atoms with E-state index in [1.807, 2.05) is 24.3 Å². The minimum atomic E-state index is -0.0994. The van der Waals surface area contributed by atoms with Crippen LogP contribution in [0.3, 0.4) is 0 Å². The van der Waals surface area contributed by atoms with Crippen LogP contribution in [0.15, 0.2) is 54.6 Å². The third-order valence-corrected chi connectivity index (χ3v) is 5.34. The van der Waals surface area contributed by atoms with Gasteiger partial charge >= 0.3 is 0 Å². The highest BCUT2D eigenvalue weighted by atomic mass is 16.2. The summed E-state index contributed by atoms with van der Waals surface area (Å²) in [5.74, 6) is -0.0793. The van der Waals surface area contributed by atoms with E-state index in [1.54, 1.807) is 12.1 Å². The lowest BCUT2D eigenvalue weighted by Crippen LogP contribution is -2.30. The molecule has 0 bridgehead atoms. The van der Waals surface area contributed by atoms with Crippen molar-refractivity contribution in [3.05, 3.63) is 71.3 Å². The van der Waals surface area contributed by atoms with Crippen LogP contribution in [0.1, 0.15) is 53.6 Å². The monoisotopic (exact) mass is 393 g/mol. The maximum Gasteiger partial charge on any atom is 0.251 e. The summed E-state index contributed by atoms with van der Waals surface area (Å²) in [6, 6.07) is 17.5. The number of piperidine rings is 1. The van der Waals surface area contributed by atoms with Gasteiger partial charge in [-0.3, -0.25) is 14.5 Å². The fraction of sp³-hybridized carbons (Fsp3) is 0.417. The van der Waals surface area contributed by atoms with Crippen LogP contribution in [0.25, 0.3) is 0 Å². The van der Waals surface area contributed by atoms with Crippen molar-refractivity contribution in [3.63, 3.8) is 0 Å². The number of rotatable bonds is 9. The largest absolute Gasteiger partial charge is 0.352 e. The van der Waals surface area contributed by atoms with Gasteiger partial charge < -0.3 is 10.6 Å². The third-order valence-electron chi connectivity index (χ3n) is 5.34. The highest BCUT2D eigenvalue weighted by Gasteiger charge is 2.13. The number of hydrogen-bond donors (Lipinski definition) is 2. The van der Waals surface area contributed by atoms with Gasteiger partial charge in [0, 0.05) is 31.6 Å². The summed E-state index contributed by atoms with van der Waals surface area (Å²) >= 11 is 0. The molecule has 0 saturated carbocycles. The molecule has 2 N–H and O–H groups in total. The second kappa shape index (κ2) is 11.4. The fourth-order valence-corrected chi connectivity index (χ4v) is 3.67. The molecule has 154 valence electrons. The highest BCUT2D eigenvalue weighted by molar-refractivity contribution is 5.94. The first-order valence-electron chi connectivity index (χ1n) is 10.6. The average molecular weight is 394 g/mol. The lowest BCUT2D eigenvalue weighted by Gasteiger charge is -2.27. The number of benzene rings is 2. The Morgan fingerprint density at radius 1 is 0.828 bits per heavy atom. The standard InChI is InChI=1S/C24H31N3O2/c28-23(14-9-15-25-24(29)20-10-3-1-4-11-20)26-18-21-12-5-6-13-22(21)19-27-16-7-2-8-17-27/h1,3-6,10-13H,2,7-9,14-19H2,(H,25,29)(H,26,28). The van der Waals surface area contributed by atoms with Crippen LogP contribution in [0, 0.1) is 0 Å². The quantitative estimate of drug-likeness (QED) is 0.641. The smallest absolute Gasteiger partial charge is 0.251 e. The normalized spacial score (nSPS) is 14.3. The molecule has 1 aliphatic rings. The minimum Gasteiger partial charge on any atom is -0.352 e. The van der Waals surface area contributed by atoms with Gasteiger partial charge in [-0.1, -0.05) is 48.9 Å². The van der Waals surface area contributed by atoms with Gasteiger partial charge in [-0.05, 0) is 55.6 Å². The number of amides is 2. The molecule has 2 aromatic carbocycles. The van der Waals surface area contributed by atoms with E-state index in [-0.39, 0.29) is 11.8 Å². The average Bonchev–Trinajstić information content (AvgIpc) is 2.77.